The lowest BCUT2D eigenvalue weighted by Crippen LogP contribution is -2.40. The summed E-state index contributed by atoms with van der Waals surface area (Å²) in [6.45, 7) is 2.25. The van der Waals surface area contributed by atoms with Crippen LogP contribution in [0.1, 0.15) is 38.5 Å². The largest absolute Gasteiger partial charge is 0.396 e. The fourth-order valence-corrected chi connectivity index (χ4v) is 3.51. The first-order valence-electron chi connectivity index (χ1n) is 8.64. The summed E-state index contributed by atoms with van der Waals surface area (Å²) in [5.74, 6) is 1.26. The molecular formula is C17H26N4O2. The number of amides is 2. The van der Waals surface area contributed by atoms with Crippen molar-refractivity contribution in [3.05, 3.63) is 18.3 Å². The molecule has 6 heteroatoms. The Kier molecular flexibility index (Phi) is 5.33. The van der Waals surface area contributed by atoms with E-state index >= 15 is 0 Å². The number of pyridine rings is 1. The van der Waals surface area contributed by atoms with E-state index in [0.717, 1.165) is 50.3 Å². The molecular weight excluding hydrogens is 292 g/mol. The highest BCUT2D eigenvalue weighted by Gasteiger charge is 2.23. The molecule has 2 aliphatic rings. The SMILES string of the molecule is O=C(Nc1cccnc1N1CCCC1)NC1CCC(CO)CC1. The Labute approximate surface area is 137 Å². The number of aromatic nitrogens is 1. The zero-order chi connectivity index (χ0) is 16.1. The van der Waals surface area contributed by atoms with Gasteiger partial charge in [0.1, 0.15) is 0 Å². The van der Waals surface area contributed by atoms with Crippen LogP contribution in [0.4, 0.5) is 16.3 Å². The van der Waals surface area contributed by atoms with Crippen LogP contribution < -0.4 is 15.5 Å². The lowest BCUT2D eigenvalue weighted by molar-refractivity contribution is 0.176. The lowest BCUT2D eigenvalue weighted by Gasteiger charge is -2.28. The quantitative estimate of drug-likeness (QED) is 0.796. The van der Waals surface area contributed by atoms with Crippen LogP contribution in [0.2, 0.25) is 0 Å². The van der Waals surface area contributed by atoms with Gasteiger partial charge in [-0.1, -0.05) is 0 Å². The second-order valence-corrected chi connectivity index (χ2v) is 6.57. The minimum Gasteiger partial charge on any atom is -0.396 e. The van der Waals surface area contributed by atoms with Crippen LogP contribution in [0.5, 0.6) is 0 Å². The molecule has 1 aromatic heterocycles. The molecule has 0 aromatic carbocycles. The molecule has 1 aliphatic carbocycles. The Morgan fingerprint density at radius 3 is 2.70 bits per heavy atom. The number of hydrogen-bond donors (Lipinski definition) is 3. The predicted octanol–water partition coefficient (Wildman–Crippen LogP) is 2.35. The number of nitrogens with one attached hydrogen (secondary N) is 2. The third-order valence-electron chi connectivity index (χ3n) is 4.88. The Morgan fingerprint density at radius 2 is 2.00 bits per heavy atom. The number of urea groups is 1. The van der Waals surface area contributed by atoms with E-state index in [9.17, 15) is 9.90 Å². The summed E-state index contributed by atoms with van der Waals surface area (Å²) in [4.78, 5) is 18.9. The highest BCUT2D eigenvalue weighted by molar-refractivity contribution is 5.92. The molecule has 1 aromatic rings. The molecule has 1 saturated heterocycles. The molecule has 0 bridgehead atoms. The van der Waals surface area contributed by atoms with E-state index in [1.165, 1.54) is 12.8 Å². The van der Waals surface area contributed by atoms with Gasteiger partial charge in [-0.05, 0) is 56.6 Å². The van der Waals surface area contributed by atoms with Gasteiger partial charge in [0, 0.05) is 31.9 Å². The van der Waals surface area contributed by atoms with Gasteiger partial charge in [0.05, 0.1) is 5.69 Å². The Morgan fingerprint density at radius 1 is 1.26 bits per heavy atom. The zero-order valence-electron chi connectivity index (χ0n) is 13.5. The molecule has 2 heterocycles. The maximum Gasteiger partial charge on any atom is 0.319 e. The molecule has 1 aliphatic heterocycles. The van der Waals surface area contributed by atoms with Gasteiger partial charge >= 0.3 is 6.03 Å². The van der Waals surface area contributed by atoms with E-state index in [-0.39, 0.29) is 18.7 Å². The predicted molar refractivity (Wildman–Crippen MR) is 90.7 cm³/mol. The maximum absolute atomic E-state index is 12.3. The van der Waals surface area contributed by atoms with E-state index in [4.69, 9.17) is 0 Å². The van der Waals surface area contributed by atoms with Crippen LogP contribution in [0.3, 0.4) is 0 Å². The van der Waals surface area contributed by atoms with Gasteiger partial charge in [0.2, 0.25) is 0 Å². The minimum absolute atomic E-state index is 0.161. The van der Waals surface area contributed by atoms with Crippen LogP contribution in [0, 0.1) is 5.92 Å². The van der Waals surface area contributed by atoms with Crippen molar-refractivity contribution in [2.24, 2.45) is 5.92 Å². The fraction of sp³-hybridized carbons (Fsp3) is 0.647. The van der Waals surface area contributed by atoms with E-state index in [1.54, 1.807) is 6.20 Å². The van der Waals surface area contributed by atoms with E-state index in [0.29, 0.717) is 5.92 Å². The smallest absolute Gasteiger partial charge is 0.319 e. The number of carbonyl (C=O) groups excluding carboxylic acids is 1. The van der Waals surface area contributed by atoms with Gasteiger partial charge in [-0.15, -0.1) is 0 Å². The zero-order valence-corrected chi connectivity index (χ0v) is 13.5. The van der Waals surface area contributed by atoms with E-state index in [1.807, 2.05) is 12.1 Å². The first-order chi connectivity index (χ1) is 11.3. The van der Waals surface area contributed by atoms with Crippen molar-refractivity contribution in [1.29, 1.82) is 0 Å². The molecule has 2 amide bonds. The Hall–Kier alpha value is -1.82. The first kappa shape index (κ1) is 16.1. The maximum atomic E-state index is 12.3. The summed E-state index contributed by atoms with van der Waals surface area (Å²) in [5, 5.41) is 15.2. The second kappa shape index (κ2) is 7.64. The second-order valence-electron chi connectivity index (χ2n) is 6.57. The standard InChI is InChI=1S/C17H26N4O2/c22-12-13-5-7-14(8-6-13)19-17(23)20-15-4-3-9-18-16(15)21-10-1-2-11-21/h3-4,9,13-14,22H,1-2,5-8,10-12H2,(H2,19,20,23). The summed E-state index contributed by atoms with van der Waals surface area (Å²) in [6.07, 6.45) is 7.95. The van der Waals surface area contributed by atoms with Gasteiger partial charge in [-0.25, -0.2) is 9.78 Å². The summed E-state index contributed by atoms with van der Waals surface area (Å²) in [5.41, 5.74) is 0.774. The minimum atomic E-state index is -0.161. The number of rotatable bonds is 4. The highest BCUT2D eigenvalue weighted by Crippen LogP contribution is 2.27. The third-order valence-corrected chi connectivity index (χ3v) is 4.88. The van der Waals surface area contributed by atoms with Crippen molar-refractivity contribution >= 4 is 17.5 Å². The molecule has 3 N–H and O–H groups in total. The summed E-state index contributed by atoms with van der Waals surface area (Å²) in [6, 6.07) is 3.79. The summed E-state index contributed by atoms with van der Waals surface area (Å²) in [7, 11) is 0. The van der Waals surface area contributed by atoms with Crippen molar-refractivity contribution in [3.8, 4) is 0 Å². The Bertz CT molecular complexity index is 523. The lowest BCUT2D eigenvalue weighted by atomic mass is 9.87. The number of aliphatic hydroxyl groups excluding tert-OH is 1. The van der Waals surface area contributed by atoms with Crippen molar-refractivity contribution in [1.82, 2.24) is 10.3 Å². The van der Waals surface area contributed by atoms with Crippen molar-refractivity contribution < 1.29 is 9.90 Å². The molecule has 2 fully saturated rings. The molecule has 3 rings (SSSR count). The summed E-state index contributed by atoms with van der Waals surface area (Å²) < 4.78 is 0. The molecule has 0 spiro atoms. The fourth-order valence-electron chi connectivity index (χ4n) is 3.51. The van der Waals surface area contributed by atoms with Crippen molar-refractivity contribution in [2.45, 2.75) is 44.6 Å². The Balaban J connectivity index is 1.56. The van der Waals surface area contributed by atoms with E-state index in [2.05, 4.69) is 20.5 Å². The van der Waals surface area contributed by atoms with Crippen LogP contribution >= 0.6 is 0 Å². The van der Waals surface area contributed by atoms with Gasteiger partial charge in [-0.3, -0.25) is 0 Å². The van der Waals surface area contributed by atoms with E-state index < -0.39 is 0 Å². The highest BCUT2D eigenvalue weighted by atomic mass is 16.3. The number of hydrogen-bond acceptors (Lipinski definition) is 4. The van der Waals surface area contributed by atoms with Crippen LogP contribution in [0.15, 0.2) is 18.3 Å². The molecule has 6 nitrogen and oxygen atoms in total. The molecule has 0 atom stereocenters. The van der Waals surface area contributed by atoms with Crippen molar-refractivity contribution in [2.75, 3.05) is 29.9 Å². The topological polar surface area (TPSA) is 77.5 Å². The average Bonchev–Trinajstić information content (AvgIpc) is 3.10. The van der Waals surface area contributed by atoms with Gasteiger partial charge in [0.25, 0.3) is 0 Å². The monoisotopic (exact) mass is 318 g/mol. The van der Waals surface area contributed by atoms with Gasteiger partial charge < -0.3 is 20.6 Å². The molecule has 0 radical (unpaired) electrons. The summed E-state index contributed by atoms with van der Waals surface area (Å²) >= 11 is 0. The van der Waals surface area contributed by atoms with Crippen LogP contribution in [-0.4, -0.2) is 41.9 Å². The average molecular weight is 318 g/mol. The molecule has 0 unspecified atom stereocenters. The first-order valence-corrected chi connectivity index (χ1v) is 8.64. The molecule has 126 valence electrons. The van der Waals surface area contributed by atoms with Gasteiger partial charge in [-0.2, -0.15) is 0 Å². The molecule has 1 saturated carbocycles. The number of carbonyl (C=O) groups is 1. The van der Waals surface area contributed by atoms with Gasteiger partial charge in [0.15, 0.2) is 5.82 Å². The normalized spacial score (nSPS) is 24.5. The van der Waals surface area contributed by atoms with Crippen LogP contribution in [-0.2, 0) is 0 Å². The number of aliphatic hydroxyl groups is 1. The number of nitrogens with zero attached hydrogens (tertiary/aromatic N) is 2. The van der Waals surface area contributed by atoms with Crippen LogP contribution in [0.25, 0.3) is 0 Å². The molecule has 23 heavy (non-hydrogen) atoms. The third kappa shape index (κ3) is 4.13. The van der Waals surface area contributed by atoms with Crippen molar-refractivity contribution in [3.63, 3.8) is 0 Å². The number of anilines is 2.